The van der Waals surface area contributed by atoms with Crippen molar-refractivity contribution in [2.24, 2.45) is 0 Å². The van der Waals surface area contributed by atoms with Crippen LogP contribution in [0.1, 0.15) is 20.1 Å². The molecule has 0 saturated carbocycles. The maximum atomic E-state index is 12.3. The van der Waals surface area contributed by atoms with E-state index in [-0.39, 0.29) is 18.4 Å². The molecule has 1 N–H and O–H groups in total. The van der Waals surface area contributed by atoms with Gasteiger partial charge in [-0.25, -0.2) is 0 Å². The molecule has 0 aliphatic heterocycles. The summed E-state index contributed by atoms with van der Waals surface area (Å²) in [5.74, 6) is 0.787. The van der Waals surface area contributed by atoms with Crippen molar-refractivity contribution >= 4 is 23.2 Å². The van der Waals surface area contributed by atoms with E-state index >= 15 is 0 Å². The molecule has 134 valence electrons. The molecule has 0 radical (unpaired) electrons. The fourth-order valence-electron chi connectivity index (χ4n) is 2.36. The van der Waals surface area contributed by atoms with Crippen LogP contribution in [0.2, 0.25) is 0 Å². The van der Waals surface area contributed by atoms with Crippen LogP contribution in [-0.2, 0) is 11.3 Å². The van der Waals surface area contributed by atoms with Crippen LogP contribution in [0.15, 0.2) is 30.3 Å². The minimum Gasteiger partial charge on any atom is -0.493 e. The average molecular weight is 362 g/mol. The number of aryl methyl sites for hydroxylation is 1. The van der Waals surface area contributed by atoms with E-state index in [4.69, 9.17) is 9.47 Å². The molecule has 1 aromatic heterocycles. The van der Waals surface area contributed by atoms with Crippen LogP contribution < -0.4 is 14.8 Å². The maximum Gasteiger partial charge on any atom is 0.261 e. The topological polar surface area (TPSA) is 67.9 Å². The van der Waals surface area contributed by atoms with Gasteiger partial charge in [0.05, 0.1) is 25.6 Å². The summed E-state index contributed by atoms with van der Waals surface area (Å²) in [5.41, 5.74) is 0.831. The minimum absolute atomic E-state index is 0.0570. The third-order valence-electron chi connectivity index (χ3n) is 3.68. The second-order valence-corrected chi connectivity index (χ2v) is 6.78. The molecule has 7 heteroatoms. The maximum absolute atomic E-state index is 12.3. The fourth-order valence-corrected chi connectivity index (χ4v) is 3.14. The molecule has 1 heterocycles. The van der Waals surface area contributed by atoms with Gasteiger partial charge in [-0.1, -0.05) is 12.1 Å². The normalized spacial score (nSPS) is 10.2. The van der Waals surface area contributed by atoms with E-state index < -0.39 is 0 Å². The predicted octanol–water partition coefficient (Wildman–Crippen LogP) is 2.46. The average Bonchev–Trinajstić information content (AvgIpc) is 3.05. The van der Waals surface area contributed by atoms with Gasteiger partial charge in [0.15, 0.2) is 11.5 Å². The molecule has 0 aliphatic rings. The first kappa shape index (κ1) is 18.8. The molecular weight excluding hydrogens is 340 g/mol. The fraction of sp³-hybridized carbons (Fsp3) is 0.333. The SMILES string of the molecule is COc1cccc(CN(C)C(=O)CNC(=O)c2ccc(C)s2)c1OC. The molecule has 0 spiro atoms. The summed E-state index contributed by atoms with van der Waals surface area (Å²) in [6.07, 6.45) is 0. The van der Waals surface area contributed by atoms with Gasteiger partial charge < -0.3 is 19.7 Å². The zero-order chi connectivity index (χ0) is 18.4. The largest absolute Gasteiger partial charge is 0.493 e. The first-order chi connectivity index (χ1) is 12.0. The Kier molecular flexibility index (Phi) is 6.41. The van der Waals surface area contributed by atoms with E-state index in [2.05, 4.69) is 5.32 Å². The summed E-state index contributed by atoms with van der Waals surface area (Å²) in [5, 5.41) is 2.65. The number of nitrogens with one attached hydrogen (secondary N) is 1. The van der Waals surface area contributed by atoms with E-state index in [1.807, 2.05) is 25.1 Å². The van der Waals surface area contributed by atoms with E-state index in [9.17, 15) is 9.59 Å². The van der Waals surface area contributed by atoms with Gasteiger partial charge in [0, 0.05) is 24.0 Å². The highest BCUT2D eigenvalue weighted by Crippen LogP contribution is 2.31. The Morgan fingerprint density at radius 3 is 2.52 bits per heavy atom. The van der Waals surface area contributed by atoms with Crippen LogP contribution in [-0.4, -0.2) is 44.5 Å². The standard InChI is InChI=1S/C18H22N2O4S/c1-12-8-9-15(25-12)18(22)19-10-16(21)20(2)11-13-6-5-7-14(23-3)17(13)24-4/h5-9H,10-11H2,1-4H3,(H,19,22). The minimum atomic E-state index is -0.237. The number of carbonyl (C=O) groups excluding carboxylic acids is 2. The Hall–Kier alpha value is -2.54. The highest BCUT2D eigenvalue weighted by Gasteiger charge is 2.16. The van der Waals surface area contributed by atoms with Gasteiger partial charge in [-0.15, -0.1) is 11.3 Å². The zero-order valence-electron chi connectivity index (χ0n) is 14.8. The van der Waals surface area contributed by atoms with Crippen molar-refractivity contribution in [2.45, 2.75) is 13.5 Å². The predicted molar refractivity (Wildman–Crippen MR) is 97.4 cm³/mol. The molecule has 0 fully saturated rings. The first-order valence-electron chi connectivity index (χ1n) is 7.74. The first-order valence-corrected chi connectivity index (χ1v) is 8.56. The molecule has 25 heavy (non-hydrogen) atoms. The number of likely N-dealkylation sites (N-methyl/N-ethyl adjacent to an activating group) is 1. The smallest absolute Gasteiger partial charge is 0.261 e. The highest BCUT2D eigenvalue weighted by atomic mass is 32.1. The second kappa shape index (κ2) is 8.53. The second-order valence-electron chi connectivity index (χ2n) is 5.50. The van der Waals surface area contributed by atoms with Crippen molar-refractivity contribution in [3.63, 3.8) is 0 Å². The lowest BCUT2D eigenvalue weighted by molar-refractivity contribution is -0.129. The van der Waals surface area contributed by atoms with Crippen molar-refractivity contribution in [3.8, 4) is 11.5 Å². The molecule has 0 unspecified atom stereocenters. The lowest BCUT2D eigenvalue weighted by Gasteiger charge is -2.20. The van der Waals surface area contributed by atoms with Gasteiger partial charge in [-0.2, -0.15) is 0 Å². The molecule has 0 aliphatic carbocycles. The molecule has 6 nitrogen and oxygen atoms in total. The molecule has 1 aromatic carbocycles. The number of hydrogen-bond donors (Lipinski definition) is 1. The molecule has 0 saturated heterocycles. The summed E-state index contributed by atoms with van der Waals surface area (Å²) in [7, 11) is 4.81. The van der Waals surface area contributed by atoms with Gasteiger partial charge in [-0.05, 0) is 25.1 Å². The number of benzene rings is 1. The number of carbonyl (C=O) groups is 2. The number of nitrogens with zero attached hydrogens (tertiary/aromatic N) is 1. The number of hydrogen-bond acceptors (Lipinski definition) is 5. The number of para-hydroxylation sites is 1. The van der Waals surface area contributed by atoms with Crippen molar-refractivity contribution < 1.29 is 19.1 Å². The number of thiophene rings is 1. The van der Waals surface area contributed by atoms with Gasteiger partial charge in [0.25, 0.3) is 5.91 Å². The summed E-state index contributed by atoms with van der Waals surface area (Å²) in [4.78, 5) is 27.5. The Morgan fingerprint density at radius 1 is 1.16 bits per heavy atom. The Morgan fingerprint density at radius 2 is 1.92 bits per heavy atom. The van der Waals surface area contributed by atoms with Crippen LogP contribution >= 0.6 is 11.3 Å². The lowest BCUT2D eigenvalue weighted by Crippen LogP contribution is -2.37. The Labute approximate surface area is 151 Å². The summed E-state index contributed by atoms with van der Waals surface area (Å²) >= 11 is 1.40. The van der Waals surface area contributed by atoms with Gasteiger partial charge in [0.1, 0.15) is 0 Å². The van der Waals surface area contributed by atoms with Crippen LogP contribution in [0.4, 0.5) is 0 Å². The third-order valence-corrected chi connectivity index (χ3v) is 4.68. The lowest BCUT2D eigenvalue weighted by atomic mass is 10.1. The molecule has 2 aromatic rings. The highest BCUT2D eigenvalue weighted by molar-refractivity contribution is 7.13. The van der Waals surface area contributed by atoms with E-state index in [0.29, 0.717) is 22.9 Å². The number of amides is 2. The zero-order valence-corrected chi connectivity index (χ0v) is 15.6. The molecule has 2 rings (SSSR count). The monoisotopic (exact) mass is 362 g/mol. The molecular formula is C18H22N2O4S. The number of methoxy groups -OCH3 is 2. The summed E-state index contributed by atoms with van der Waals surface area (Å²) < 4.78 is 10.6. The van der Waals surface area contributed by atoms with Gasteiger partial charge >= 0.3 is 0 Å². The van der Waals surface area contributed by atoms with E-state index in [1.165, 1.54) is 16.2 Å². The summed E-state index contributed by atoms with van der Waals surface area (Å²) in [6.45, 7) is 2.23. The van der Waals surface area contributed by atoms with Crippen molar-refractivity contribution in [3.05, 3.63) is 45.6 Å². The van der Waals surface area contributed by atoms with E-state index in [1.54, 1.807) is 33.4 Å². The quantitative estimate of drug-likeness (QED) is 0.822. The van der Waals surface area contributed by atoms with Crippen LogP contribution in [0, 0.1) is 6.92 Å². The third kappa shape index (κ3) is 4.73. The molecule has 2 amide bonds. The number of rotatable bonds is 7. The van der Waals surface area contributed by atoms with Gasteiger partial charge in [0.2, 0.25) is 5.91 Å². The molecule has 0 atom stereocenters. The van der Waals surface area contributed by atoms with Crippen LogP contribution in [0.3, 0.4) is 0 Å². The van der Waals surface area contributed by atoms with E-state index in [0.717, 1.165) is 10.4 Å². The number of ether oxygens (including phenoxy) is 2. The Bertz CT molecular complexity index is 757. The van der Waals surface area contributed by atoms with Crippen molar-refractivity contribution in [1.82, 2.24) is 10.2 Å². The van der Waals surface area contributed by atoms with Crippen LogP contribution in [0.5, 0.6) is 11.5 Å². The van der Waals surface area contributed by atoms with Crippen LogP contribution in [0.25, 0.3) is 0 Å². The van der Waals surface area contributed by atoms with Gasteiger partial charge in [-0.3, -0.25) is 9.59 Å². The van der Waals surface area contributed by atoms with Crippen molar-refractivity contribution in [2.75, 3.05) is 27.8 Å². The summed E-state index contributed by atoms with van der Waals surface area (Å²) in [6, 6.07) is 9.15. The van der Waals surface area contributed by atoms with Crippen molar-refractivity contribution in [1.29, 1.82) is 0 Å². The Balaban J connectivity index is 1.95. The molecule has 0 bridgehead atoms.